The third kappa shape index (κ3) is 2.36. The zero-order chi connectivity index (χ0) is 13.3. The molecule has 0 radical (unpaired) electrons. The highest BCUT2D eigenvalue weighted by Crippen LogP contribution is 2.32. The van der Waals surface area contributed by atoms with Crippen molar-refractivity contribution in [2.24, 2.45) is 11.3 Å². The van der Waals surface area contributed by atoms with Gasteiger partial charge in [0.25, 0.3) is 0 Å². The lowest BCUT2D eigenvalue weighted by atomic mass is 9.81. The Morgan fingerprint density at radius 2 is 2.17 bits per heavy atom. The van der Waals surface area contributed by atoms with Gasteiger partial charge in [-0.15, -0.1) is 0 Å². The molecule has 102 valence electrons. The molecule has 2 aliphatic heterocycles. The van der Waals surface area contributed by atoms with Gasteiger partial charge >= 0.3 is 5.97 Å². The van der Waals surface area contributed by atoms with Crippen molar-refractivity contribution in [1.29, 1.82) is 0 Å². The van der Waals surface area contributed by atoms with Gasteiger partial charge in [0.15, 0.2) is 0 Å². The van der Waals surface area contributed by atoms with Crippen LogP contribution in [0, 0.1) is 11.3 Å². The van der Waals surface area contributed by atoms with Gasteiger partial charge in [0.2, 0.25) is 5.91 Å². The molecule has 2 saturated heterocycles. The molecule has 2 heterocycles. The average Bonchev–Trinajstić information content (AvgIpc) is 2.74. The summed E-state index contributed by atoms with van der Waals surface area (Å²) in [5.41, 5.74) is -0.795. The Morgan fingerprint density at radius 3 is 2.72 bits per heavy atom. The first-order chi connectivity index (χ1) is 8.44. The zero-order valence-corrected chi connectivity index (χ0v) is 11.0. The van der Waals surface area contributed by atoms with Crippen LogP contribution in [-0.4, -0.2) is 47.7 Å². The number of ether oxygens (including phenoxy) is 1. The zero-order valence-electron chi connectivity index (χ0n) is 11.0. The molecule has 2 fully saturated rings. The second-order valence-corrected chi connectivity index (χ2v) is 5.70. The van der Waals surface area contributed by atoms with Crippen LogP contribution in [0.5, 0.6) is 0 Å². The molecule has 18 heavy (non-hydrogen) atoms. The van der Waals surface area contributed by atoms with Crippen LogP contribution in [0.3, 0.4) is 0 Å². The Bertz CT molecular complexity index is 357. The van der Waals surface area contributed by atoms with Crippen LogP contribution in [0.25, 0.3) is 0 Å². The molecule has 0 spiro atoms. The number of carbonyl (C=O) groups excluding carboxylic acids is 1. The van der Waals surface area contributed by atoms with E-state index in [1.54, 1.807) is 11.8 Å². The summed E-state index contributed by atoms with van der Waals surface area (Å²) in [7, 11) is 0. The summed E-state index contributed by atoms with van der Waals surface area (Å²) in [5.74, 6) is -0.843. The minimum absolute atomic E-state index is 0.0458. The first kappa shape index (κ1) is 13.3. The number of amides is 1. The van der Waals surface area contributed by atoms with Crippen LogP contribution in [0.1, 0.15) is 33.1 Å². The lowest BCUT2D eigenvalue weighted by Crippen LogP contribution is -2.50. The van der Waals surface area contributed by atoms with Crippen molar-refractivity contribution in [3.63, 3.8) is 0 Å². The van der Waals surface area contributed by atoms with Crippen LogP contribution < -0.4 is 0 Å². The monoisotopic (exact) mass is 255 g/mol. The number of aliphatic carboxylic acids is 1. The third-order valence-corrected chi connectivity index (χ3v) is 4.22. The fraction of sp³-hybridized carbons (Fsp3) is 0.846. The molecule has 0 aromatic rings. The standard InChI is InChI=1S/C13H21NO4/c1-9-10(4-7-18-9)11(15)14-6-3-5-13(2,8-14)12(16)17/h9-10H,3-8H2,1-2H3,(H,16,17). The number of carboxylic acid groups (broad SMARTS) is 1. The van der Waals surface area contributed by atoms with Crippen LogP contribution >= 0.6 is 0 Å². The molecular formula is C13H21NO4. The smallest absolute Gasteiger partial charge is 0.311 e. The van der Waals surface area contributed by atoms with E-state index in [-0.39, 0.29) is 17.9 Å². The maximum absolute atomic E-state index is 12.4. The maximum atomic E-state index is 12.4. The van der Waals surface area contributed by atoms with Crippen molar-refractivity contribution >= 4 is 11.9 Å². The third-order valence-electron chi connectivity index (χ3n) is 4.22. The average molecular weight is 255 g/mol. The minimum atomic E-state index is -0.810. The Balaban J connectivity index is 2.05. The number of carboxylic acids is 1. The van der Waals surface area contributed by atoms with E-state index in [2.05, 4.69) is 0 Å². The molecule has 5 heteroatoms. The van der Waals surface area contributed by atoms with Crippen molar-refractivity contribution in [1.82, 2.24) is 4.90 Å². The molecule has 1 N–H and O–H groups in total. The second kappa shape index (κ2) is 4.88. The Hall–Kier alpha value is -1.10. The van der Waals surface area contributed by atoms with Gasteiger partial charge in [-0.05, 0) is 33.1 Å². The fourth-order valence-corrected chi connectivity index (χ4v) is 2.89. The quantitative estimate of drug-likeness (QED) is 0.803. The summed E-state index contributed by atoms with van der Waals surface area (Å²) in [6.07, 6.45) is 2.11. The Labute approximate surface area is 107 Å². The van der Waals surface area contributed by atoms with E-state index >= 15 is 0 Å². The van der Waals surface area contributed by atoms with Crippen molar-refractivity contribution in [3.8, 4) is 0 Å². The SMILES string of the molecule is CC1OCCC1C(=O)N1CCCC(C)(C(=O)O)C1. The van der Waals surface area contributed by atoms with Gasteiger partial charge in [-0.3, -0.25) is 9.59 Å². The normalized spacial score (nSPS) is 36.7. The fourth-order valence-electron chi connectivity index (χ4n) is 2.89. The molecule has 1 amide bonds. The number of nitrogens with zero attached hydrogens (tertiary/aromatic N) is 1. The largest absolute Gasteiger partial charge is 0.481 e. The van der Waals surface area contributed by atoms with Crippen LogP contribution in [0.4, 0.5) is 0 Å². The highest BCUT2D eigenvalue weighted by Gasteiger charge is 2.42. The van der Waals surface area contributed by atoms with Gasteiger partial charge in [0, 0.05) is 19.7 Å². The van der Waals surface area contributed by atoms with E-state index in [1.165, 1.54) is 0 Å². The molecule has 3 atom stereocenters. The number of piperidine rings is 1. The summed E-state index contributed by atoms with van der Waals surface area (Å²) in [6.45, 7) is 5.26. The first-order valence-electron chi connectivity index (χ1n) is 6.58. The van der Waals surface area contributed by atoms with Crippen molar-refractivity contribution < 1.29 is 19.4 Å². The van der Waals surface area contributed by atoms with Crippen LogP contribution in [0.2, 0.25) is 0 Å². The van der Waals surface area contributed by atoms with Crippen molar-refractivity contribution in [3.05, 3.63) is 0 Å². The van der Waals surface area contributed by atoms with E-state index in [9.17, 15) is 14.7 Å². The molecule has 2 aliphatic rings. The Morgan fingerprint density at radius 1 is 1.44 bits per heavy atom. The topological polar surface area (TPSA) is 66.8 Å². The predicted molar refractivity (Wildman–Crippen MR) is 65.1 cm³/mol. The molecule has 0 aliphatic carbocycles. The van der Waals surface area contributed by atoms with Gasteiger partial charge in [0.1, 0.15) is 0 Å². The molecule has 0 saturated carbocycles. The molecule has 0 aromatic carbocycles. The summed E-state index contributed by atoms with van der Waals surface area (Å²) >= 11 is 0. The van der Waals surface area contributed by atoms with Gasteiger partial charge in [-0.2, -0.15) is 0 Å². The molecule has 5 nitrogen and oxygen atoms in total. The van der Waals surface area contributed by atoms with Crippen LogP contribution in [-0.2, 0) is 14.3 Å². The summed E-state index contributed by atoms with van der Waals surface area (Å²) in [4.78, 5) is 25.4. The van der Waals surface area contributed by atoms with Gasteiger partial charge < -0.3 is 14.7 Å². The molecule has 3 unspecified atom stereocenters. The highest BCUT2D eigenvalue weighted by atomic mass is 16.5. The lowest BCUT2D eigenvalue weighted by molar-refractivity contribution is -0.154. The molecule has 2 rings (SSSR count). The van der Waals surface area contributed by atoms with Gasteiger partial charge in [-0.25, -0.2) is 0 Å². The van der Waals surface area contributed by atoms with E-state index < -0.39 is 11.4 Å². The summed E-state index contributed by atoms with van der Waals surface area (Å²) < 4.78 is 5.41. The molecule has 0 bridgehead atoms. The van der Waals surface area contributed by atoms with E-state index in [0.29, 0.717) is 26.1 Å². The van der Waals surface area contributed by atoms with E-state index in [4.69, 9.17) is 4.74 Å². The van der Waals surface area contributed by atoms with E-state index in [1.807, 2.05) is 6.92 Å². The summed E-state index contributed by atoms with van der Waals surface area (Å²) in [5, 5.41) is 9.25. The highest BCUT2D eigenvalue weighted by molar-refractivity contribution is 5.81. The second-order valence-electron chi connectivity index (χ2n) is 5.70. The lowest BCUT2D eigenvalue weighted by Gasteiger charge is -2.38. The molecule has 0 aromatic heterocycles. The van der Waals surface area contributed by atoms with Gasteiger partial charge in [0.05, 0.1) is 17.4 Å². The predicted octanol–water partition coefficient (Wildman–Crippen LogP) is 1.12. The number of likely N-dealkylation sites (tertiary alicyclic amines) is 1. The minimum Gasteiger partial charge on any atom is -0.481 e. The number of hydrogen-bond acceptors (Lipinski definition) is 3. The number of hydrogen-bond donors (Lipinski definition) is 1. The van der Waals surface area contributed by atoms with Crippen LogP contribution in [0.15, 0.2) is 0 Å². The Kier molecular flexibility index (Phi) is 3.61. The summed E-state index contributed by atoms with van der Waals surface area (Å²) in [6, 6.07) is 0. The van der Waals surface area contributed by atoms with Gasteiger partial charge in [-0.1, -0.05) is 0 Å². The maximum Gasteiger partial charge on any atom is 0.311 e. The number of rotatable bonds is 2. The molecular weight excluding hydrogens is 234 g/mol. The van der Waals surface area contributed by atoms with Crippen molar-refractivity contribution in [2.75, 3.05) is 19.7 Å². The van der Waals surface area contributed by atoms with Crippen molar-refractivity contribution in [2.45, 2.75) is 39.2 Å². The van der Waals surface area contributed by atoms with E-state index in [0.717, 1.165) is 12.8 Å². The first-order valence-corrected chi connectivity index (χ1v) is 6.58. The number of carbonyl (C=O) groups is 2.